The van der Waals surface area contributed by atoms with Crippen LogP contribution in [0.25, 0.3) is 0 Å². The summed E-state index contributed by atoms with van der Waals surface area (Å²) in [6.07, 6.45) is 4.77. The molecule has 1 unspecified atom stereocenters. The minimum atomic E-state index is -0.469. The van der Waals surface area contributed by atoms with E-state index in [9.17, 15) is 0 Å². The Bertz CT molecular complexity index is 275. The van der Waals surface area contributed by atoms with E-state index >= 15 is 0 Å². The zero-order chi connectivity index (χ0) is 12.0. The highest BCUT2D eigenvalue weighted by molar-refractivity contribution is 5.98. The maximum atomic E-state index is 5.85. The van der Waals surface area contributed by atoms with E-state index in [-0.39, 0.29) is 0 Å². The molecule has 4 heteroatoms. The van der Waals surface area contributed by atoms with E-state index in [1.165, 1.54) is 0 Å². The van der Waals surface area contributed by atoms with Gasteiger partial charge in [-0.05, 0) is 26.7 Å². The lowest BCUT2D eigenvalue weighted by atomic mass is 9.87. The Morgan fingerprint density at radius 1 is 1.44 bits per heavy atom. The van der Waals surface area contributed by atoms with Crippen LogP contribution >= 0.6 is 0 Å². The van der Waals surface area contributed by atoms with Crippen LogP contribution in [0.4, 0.5) is 0 Å². The lowest BCUT2D eigenvalue weighted by molar-refractivity contribution is -0.0350. The van der Waals surface area contributed by atoms with Gasteiger partial charge in [-0.2, -0.15) is 0 Å². The first-order valence-corrected chi connectivity index (χ1v) is 6.73. The molecule has 0 saturated carbocycles. The van der Waals surface area contributed by atoms with E-state index in [0.29, 0.717) is 23.7 Å². The van der Waals surface area contributed by atoms with Crippen molar-refractivity contribution in [2.24, 2.45) is 0 Å². The molecule has 0 radical (unpaired) electrons. The molecule has 1 aliphatic carbocycles. The van der Waals surface area contributed by atoms with E-state index < -0.39 is 5.60 Å². The maximum absolute atomic E-state index is 5.85. The summed E-state index contributed by atoms with van der Waals surface area (Å²) in [6, 6.07) is 0. The van der Waals surface area contributed by atoms with Gasteiger partial charge >= 0.3 is 0 Å². The summed E-state index contributed by atoms with van der Waals surface area (Å²) in [5, 5.41) is 0. The zero-order valence-electron chi connectivity index (χ0n) is 10.5. The number of ether oxygens (including phenoxy) is 2. The summed E-state index contributed by atoms with van der Waals surface area (Å²) in [7, 11) is 0.683. The van der Waals surface area contributed by atoms with Crippen molar-refractivity contribution in [2.75, 3.05) is 13.2 Å². The molecule has 0 aromatic rings. The van der Waals surface area contributed by atoms with Crippen LogP contribution in [-0.2, 0) is 13.9 Å². The third-order valence-electron chi connectivity index (χ3n) is 2.86. The molecule has 0 fully saturated rings. The van der Waals surface area contributed by atoms with Gasteiger partial charge in [0, 0.05) is 13.0 Å². The SMILES string of the molecule is C=CC1(OCC)CCCC(O[SiH3])=C1OCC. The van der Waals surface area contributed by atoms with Crippen LogP contribution in [0.3, 0.4) is 0 Å². The second kappa shape index (κ2) is 6.11. The first-order valence-electron chi connectivity index (χ1n) is 5.92. The molecule has 1 aliphatic rings. The molecule has 0 spiro atoms. The van der Waals surface area contributed by atoms with Crippen LogP contribution < -0.4 is 0 Å². The van der Waals surface area contributed by atoms with Gasteiger partial charge < -0.3 is 13.9 Å². The third kappa shape index (κ3) is 2.49. The fourth-order valence-electron chi connectivity index (χ4n) is 2.17. The molecule has 0 heterocycles. The minimum absolute atomic E-state index is 0.469. The zero-order valence-corrected chi connectivity index (χ0v) is 12.5. The average molecular weight is 242 g/mol. The van der Waals surface area contributed by atoms with Crippen molar-refractivity contribution >= 4 is 10.5 Å². The number of allylic oxidation sites excluding steroid dienone is 1. The molecule has 0 amide bonds. The van der Waals surface area contributed by atoms with Gasteiger partial charge in [0.25, 0.3) is 0 Å². The van der Waals surface area contributed by atoms with Gasteiger partial charge in [0.05, 0.1) is 6.61 Å². The Balaban J connectivity index is 3.08. The van der Waals surface area contributed by atoms with Crippen molar-refractivity contribution in [1.29, 1.82) is 0 Å². The highest BCUT2D eigenvalue weighted by Gasteiger charge is 2.39. The Kier molecular flexibility index (Phi) is 5.08. The molecule has 0 aromatic heterocycles. The predicted octanol–water partition coefficient (Wildman–Crippen LogP) is 1.68. The third-order valence-corrected chi connectivity index (χ3v) is 3.35. The molecule has 1 atom stereocenters. The molecule has 0 aliphatic heterocycles. The second-order valence-electron chi connectivity index (χ2n) is 3.77. The summed E-state index contributed by atoms with van der Waals surface area (Å²) >= 11 is 0. The molecule has 0 N–H and O–H groups in total. The quantitative estimate of drug-likeness (QED) is 0.524. The average Bonchev–Trinajstić information content (AvgIpc) is 2.32. The van der Waals surface area contributed by atoms with Crippen molar-refractivity contribution in [3.63, 3.8) is 0 Å². The van der Waals surface area contributed by atoms with Gasteiger partial charge in [0.15, 0.2) is 5.76 Å². The second-order valence-corrected chi connectivity index (χ2v) is 4.18. The van der Waals surface area contributed by atoms with Gasteiger partial charge in [-0.1, -0.05) is 12.7 Å². The molecule has 1 rings (SSSR count). The Labute approximate surface area is 101 Å². The number of hydrogen-bond donors (Lipinski definition) is 0. The highest BCUT2D eigenvalue weighted by atomic mass is 28.2. The Morgan fingerprint density at radius 2 is 2.19 bits per heavy atom. The van der Waals surface area contributed by atoms with Crippen molar-refractivity contribution in [3.8, 4) is 0 Å². The van der Waals surface area contributed by atoms with E-state index in [0.717, 1.165) is 30.8 Å². The lowest BCUT2D eigenvalue weighted by Crippen LogP contribution is -2.37. The van der Waals surface area contributed by atoms with Gasteiger partial charge in [0.2, 0.25) is 10.5 Å². The monoisotopic (exact) mass is 242 g/mol. The smallest absolute Gasteiger partial charge is 0.203 e. The first kappa shape index (κ1) is 13.3. The topological polar surface area (TPSA) is 27.7 Å². The molecule has 0 bridgehead atoms. The largest absolute Gasteiger partial charge is 0.554 e. The fourth-order valence-corrected chi connectivity index (χ4v) is 2.55. The van der Waals surface area contributed by atoms with Crippen LogP contribution in [0.5, 0.6) is 0 Å². The Hall–Kier alpha value is -0.743. The minimum Gasteiger partial charge on any atom is -0.554 e. The van der Waals surface area contributed by atoms with Crippen molar-refractivity contribution < 1.29 is 13.9 Å². The molecule has 3 nitrogen and oxygen atoms in total. The predicted molar refractivity (Wildman–Crippen MR) is 68.1 cm³/mol. The van der Waals surface area contributed by atoms with Crippen LogP contribution in [0, 0.1) is 0 Å². The summed E-state index contributed by atoms with van der Waals surface area (Å²) in [6.45, 7) is 9.14. The standard InChI is InChI=1S/C12H22O3Si/c1-4-12(14-6-3)9-7-8-10(15-16)11(12)13-5-2/h4H,1,5-9H2,2-3,16H3. The van der Waals surface area contributed by atoms with Gasteiger partial charge in [-0.15, -0.1) is 0 Å². The lowest BCUT2D eigenvalue weighted by Gasteiger charge is -2.37. The summed E-state index contributed by atoms with van der Waals surface area (Å²) in [5.41, 5.74) is -0.469. The summed E-state index contributed by atoms with van der Waals surface area (Å²) < 4.78 is 17.1. The van der Waals surface area contributed by atoms with Crippen LogP contribution in [0.1, 0.15) is 33.1 Å². The molecule has 16 heavy (non-hydrogen) atoms. The molecule has 0 aromatic carbocycles. The molecular formula is C12H22O3Si. The Morgan fingerprint density at radius 3 is 2.69 bits per heavy atom. The van der Waals surface area contributed by atoms with Crippen LogP contribution in [-0.4, -0.2) is 29.3 Å². The first-order chi connectivity index (χ1) is 7.74. The van der Waals surface area contributed by atoms with Gasteiger partial charge in [-0.25, -0.2) is 0 Å². The van der Waals surface area contributed by atoms with Crippen molar-refractivity contribution in [2.45, 2.75) is 38.7 Å². The van der Waals surface area contributed by atoms with Gasteiger partial charge in [0.1, 0.15) is 11.4 Å². The van der Waals surface area contributed by atoms with Crippen LogP contribution in [0.15, 0.2) is 24.2 Å². The van der Waals surface area contributed by atoms with Crippen molar-refractivity contribution in [1.82, 2.24) is 0 Å². The number of rotatable bonds is 6. The van der Waals surface area contributed by atoms with E-state index in [4.69, 9.17) is 13.9 Å². The van der Waals surface area contributed by atoms with E-state index in [1.807, 2.05) is 19.9 Å². The van der Waals surface area contributed by atoms with Crippen molar-refractivity contribution in [3.05, 3.63) is 24.2 Å². The molecule has 0 saturated heterocycles. The molecule has 92 valence electrons. The highest BCUT2D eigenvalue weighted by Crippen LogP contribution is 2.38. The summed E-state index contributed by atoms with van der Waals surface area (Å²) in [5.74, 6) is 1.79. The number of hydrogen-bond acceptors (Lipinski definition) is 3. The summed E-state index contributed by atoms with van der Waals surface area (Å²) in [4.78, 5) is 0. The van der Waals surface area contributed by atoms with Gasteiger partial charge in [-0.3, -0.25) is 0 Å². The van der Waals surface area contributed by atoms with Crippen LogP contribution in [0.2, 0.25) is 0 Å². The molecular weight excluding hydrogens is 220 g/mol. The fraction of sp³-hybridized carbons (Fsp3) is 0.667. The van der Waals surface area contributed by atoms with E-state index in [1.54, 1.807) is 0 Å². The normalized spacial score (nSPS) is 25.6. The van der Waals surface area contributed by atoms with E-state index in [2.05, 4.69) is 6.58 Å². The maximum Gasteiger partial charge on any atom is 0.203 e.